The molecule has 3 N–H and O–H groups in total. The van der Waals surface area contributed by atoms with Crippen LogP contribution in [0.3, 0.4) is 0 Å². The molecule has 0 spiro atoms. The number of para-hydroxylation sites is 1. The van der Waals surface area contributed by atoms with Gasteiger partial charge in [-0.15, -0.1) is 11.8 Å². The molecule has 17 heavy (non-hydrogen) atoms. The molecule has 0 atom stereocenters. The van der Waals surface area contributed by atoms with E-state index in [1.54, 1.807) is 11.8 Å². The van der Waals surface area contributed by atoms with Crippen molar-refractivity contribution >= 4 is 17.4 Å². The number of hydrogen-bond donors (Lipinski definition) is 2. The molecule has 1 aromatic carbocycles. The second-order valence-electron chi connectivity index (χ2n) is 5.06. The number of anilines is 1. The van der Waals surface area contributed by atoms with Crippen molar-refractivity contribution in [3.05, 3.63) is 23.8 Å². The van der Waals surface area contributed by atoms with Crippen LogP contribution in [0.25, 0.3) is 0 Å². The molecule has 1 aliphatic rings. The summed E-state index contributed by atoms with van der Waals surface area (Å²) in [5, 5.41) is 10.4. The van der Waals surface area contributed by atoms with E-state index in [0.29, 0.717) is 0 Å². The van der Waals surface area contributed by atoms with Crippen LogP contribution in [0.4, 0.5) is 5.69 Å². The zero-order valence-electron chi connectivity index (χ0n) is 10.4. The second-order valence-corrected chi connectivity index (χ2v) is 6.08. The van der Waals surface area contributed by atoms with Gasteiger partial charge in [0.25, 0.3) is 0 Å². The number of benzene rings is 1. The maximum Gasteiger partial charge on any atom is 0.0741 e. The molecule has 0 heterocycles. The van der Waals surface area contributed by atoms with Gasteiger partial charge in [0.1, 0.15) is 0 Å². The molecule has 0 aromatic heterocycles. The molecule has 2 rings (SSSR count). The van der Waals surface area contributed by atoms with E-state index in [-0.39, 0.29) is 0 Å². The lowest BCUT2D eigenvalue weighted by molar-refractivity contribution is 0.0273. The van der Waals surface area contributed by atoms with Crippen LogP contribution in [-0.2, 0) is 0 Å². The third-order valence-corrected chi connectivity index (χ3v) is 4.91. The van der Waals surface area contributed by atoms with Gasteiger partial charge < -0.3 is 10.8 Å². The highest BCUT2D eigenvalue weighted by Crippen LogP contribution is 2.35. The van der Waals surface area contributed by atoms with E-state index in [4.69, 9.17) is 5.73 Å². The monoisotopic (exact) mass is 251 g/mol. The minimum atomic E-state index is -0.473. The summed E-state index contributed by atoms with van der Waals surface area (Å²) >= 11 is 1.69. The molecule has 3 heteroatoms. The molecule has 1 aromatic rings. The zero-order chi connectivity index (χ0) is 12.3. The molecular formula is C14H21NOS. The minimum Gasteiger partial charge on any atom is -0.398 e. The average molecular weight is 251 g/mol. The average Bonchev–Trinajstić information content (AvgIpc) is 2.32. The van der Waals surface area contributed by atoms with Crippen LogP contribution in [-0.4, -0.2) is 16.5 Å². The van der Waals surface area contributed by atoms with Gasteiger partial charge in [0, 0.05) is 16.3 Å². The summed E-state index contributed by atoms with van der Waals surface area (Å²) in [5.74, 6) is 0.765. The Hall–Kier alpha value is -0.670. The lowest BCUT2D eigenvalue weighted by atomic mass is 9.86. The van der Waals surface area contributed by atoms with Gasteiger partial charge in [-0.25, -0.2) is 0 Å². The Kier molecular flexibility index (Phi) is 4.00. The summed E-state index contributed by atoms with van der Waals surface area (Å²) in [6.45, 7) is 2.02. The Labute approximate surface area is 108 Å². The van der Waals surface area contributed by atoms with Crippen molar-refractivity contribution in [2.75, 3.05) is 11.5 Å². The number of nitrogens with two attached hydrogens (primary N) is 1. The molecule has 0 saturated heterocycles. The Bertz CT molecular complexity index is 386. The molecule has 0 amide bonds. The molecule has 2 nitrogen and oxygen atoms in total. The van der Waals surface area contributed by atoms with Crippen LogP contribution in [0.15, 0.2) is 23.1 Å². The van der Waals surface area contributed by atoms with Crippen molar-refractivity contribution in [3.63, 3.8) is 0 Å². The van der Waals surface area contributed by atoms with Gasteiger partial charge in [0.15, 0.2) is 0 Å². The van der Waals surface area contributed by atoms with Gasteiger partial charge in [0.05, 0.1) is 5.60 Å². The molecule has 94 valence electrons. The summed E-state index contributed by atoms with van der Waals surface area (Å²) in [4.78, 5) is 1.10. The molecule has 1 saturated carbocycles. The second kappa shape index (κ2) is 5.32. The quantitative estimate of drug-likeness (QED) is 0.639. The normalized spacial score (nSPS) is 19.2. The van der Waals surface area contributed by atoms with E-state index in [1.165, 1.54) is 6.42 Å². The van der Waals surface area contributed by atoms with E-state index in [9.17, 15) is 5.11 Å². The predicted molar refractivity (Wildman–Crippen MR) is 74.4 cm³/mol. The van der Waals surface area contributed by atoms with Gasteiger partial charge >= 0.3 is 0 Å². The smallest absolute Gasteiger partial charge is 0.0741 e. The number of hydrogen-bond acceptors (Lipinski definition) is 3. The highest BCUT2D eigenvalue weighted by molar-refractivity contribution is 7.99. The van der Waals surface area contributed by atoms with E-state index in [0.717, 1.165) is 47.6 Å². The van der Waals surface area contributed by atoms with Crippen molar-refractivity contribution in [2.24, 2.45) is 0 Å². The van der Waals surface area contributed by atoms with Crippen molar-refractivity contribution < 1.29 is 5.11 Å². The summed E-state index contributed by atoms with van der Waals surface area (Å²) in [6, 6.07) is 6.09. The van der Waals surface area contributed by atoms with Gasteiger partial charge in [-0.1, -0.05) is 31.4 Å². The van der Waals surface area contributed by atoms with Crippen LogP contribution >= 0.6 is 11.8 Å². The number of aliphatic hydroxyl groups is 1. The lowest BCUT2D eigenvalue weighted by Gasteiger charge is -2.31. The zero-order valence-corrected chi connectivity index (χ0v) is 11.2. The molecule has 1 fully saturated rings. The number of aryl methyl sites for hydroxylation is 1. The fourth-order valence-corrected chi connectivity index (χ4v) is 3.55. The highest BCUT2D eigenvalue weighted by atomic mass is 32.2. The van der Waals surface area contributed by atoms with Gasteiger partial charge in [0.2, 0.25) is 0 Å². The fraction of sp³-hybridized carbons (Fsp3) is 0.571. The Morgan fingerprint density at radius 1 is 1.29 bits per heavy atom. The maximum atomic E-state index is 10.4. The predicted octanol–water partition coefficient (Wildman–Crippen LogP) is 3.36. The first-order valence-corrected chi connectivity index (χ1v) is 7.30. The highest BCUT2D eigenvalue weighted by Gasteiger charge is 2.29. The van der Waals surface area contributed by atoms with Gasteiger partial charge in [-0.05, 0) is 31.4 Å². The minimum absolute atomic E-state index is 0.473. The Morgan fingerprint density at radius 2 is 2.00 bits per heavy atom. The Balaban J connectivity index is 1.99. The van der Waals surface area contributed by atoms with Crippen LogP contribution < -0.4 is 5.73 Å². The standard InChI is InChI=1S/C14H21NOS/c1-11-6-5-7-12(13(11)15)17-10-14(16)8-3-2-4-9-14/h5-7,16H,2-4,8-10,15H2,1H3. The molecular weight excluding hydrogens is 230 g/mol. The summed E-state index contributed by atoms with van der Waals surface area (Å²) in [5.41, 5.74) is 7.54. The van der Waals surface area contributed by atoms with Crippen LogP contribution in [0, 0.1) is 6.92 Å². The first-order valence-electron chi connectivity index (χ1n) is 6.31. The first kappa shape index (κ1) is 12.8. The largest absolute Gasteiger partial charge is 0.398 e. The molecule has 0 radical (unpaired) electrons. The molecule has 0 aliphatic heterocycles. The van der Waals surface area contributed by atoms with Crippen molar-refractivity contribution in [3.8, 4) is 0 Å². The summed E-state index contributed by atoms with van der Waals surface area (Å²) in [7, 11) is 0. The first-order chi connectivity index (χ1) is 8.11. The summed E-state index contributed by atoms with van der Waals surface area (Å²) in [6.07, 6.45) is 5.44. The van der Waals surface area contributed by atoms with Gasteiger partial charge in [-0.3, -0.25) is 0 Å². The fourth-order valence-electron chi connectivity index (χ4n) is 2.35. The number of rotatable bonds is 3. The van der Waals surface area contributed by atoms with Crippen molar-refractivity contribution in [1.29, 1.82) is 0 Å². The van der Waals surface area contributed by atoms with Crippen LogP contribution in [0.2, 0.25) is 0 Å². The number of thioether (sulfide) groups is 1. The molecule has 1 aliphatic carbocycles. The van der Waals surface area contributed by atoms with Crippen molar-refractivity contribution in [2.45, 2.75) is 49.5 Å². The lowest BCUT2D eigenvalue weighted by Crippen LogP contribution is -2.34. The topological polar surface area (TPSA) is 46.2 Å². The van der Waals surface area contributed by atoms with E-state index in [1.807, 2.05) is 25.1 Å². The third kappa shape index (κ3) is 3.17. The van der Waals surface area contributed by atoms with E-state index in [2.05, 4.69) is 0 Å². The van der Waals surface area contributed by atoms with E-state index >= 15 is 0 Å². The molecule has 0 unspecified atom stereocenters. The maximum absolute atomic E-state index is 10.4. The van der Waals surface area contributed by atoms with Gasteiger partial charge in [-0.2, -0.15) is 0 Å². The third-order valence-electron chi connectivity index (χ3n) is 3.56. The van der Waals surface area contributed by atoms with Crippen LogP contribution in [0.1, 0.15) is 37.7 Å². The Morgan fingerprint density at radius 3 is 2.71 bits per heavy atom. The molecule has 0 bridgehead atoms. The van der Waals surface area contributed by atoms with E-state index < -0.39 is 5.60 Å². The SMILES string of the molecule is Cc1cccc(SCC2(O)CCCCC2)c1N. The van der Waals surface area contributed by atoms with Crippen molar-refractivity contribution in [1.82, 2.24) is 0 Å². The number of nitrogen functional groups attached to an aromatic ring is 1. The summed E-state index contributed by atoms with van der Waals surface area (Å²) < 4.78 is 0. The van der Waals surface area contributed by atoms with Crippen LogP contribution in [0.5, 0.6) is 0 Å².